The monoisotopic (exact) mass is 300 g/mol. The molecule has 0 saturated heterocycles. The molecule has 1 heterocycles. The zero-order chi connectivity index (χ0) is 14.1. The first-order valence-electron chi connectivity index (χ1n) is 5.69. The topological polar surface area (TPSA) is 65.7 Å². The van der Waals surface area contributed by atoms with Crippen LogP contribution in [-0.2, 0) is 0 Å². The van der Waals surface area contributed by atoms with Gasteiger partial charge in [0.25, 0.3) is 0 Å². The van der Waals surface area contributed by atoms with Crippen LogP contribution < -0.4 is 0 Å². The van der Waals surface area contributed by atoms with Crippen LogP contribution in [0.25, 0.3) is 20.8 Å². The standard InChI is InChI=1S/C14H8N2O2S2/c17-10-5-6-11(18)13-12(10)16-14(20-13)8-1-3-9(4-2-8)15-7-19/h1-6,17-18H. The smallest absolute Gasteiger partial charge is 0.142 e. The lowest BCUT2D eigenvalue weighted by Gasteiger charge is -1.95. The Labute approximate surface area is 123 Å². The highest BCUT2D eigenvalue weighted by atomic mass is 32.1. The fraction of sp³-hybridized carbons (Fsp3) is 0. The number of thiocarbonyl (C=S) groups is 1. The van der Waals surface area contributed by atoms with Crippen LogP contribution in [0.3, 0.4) is 0 Å². The van der Waals surface area contributed by atoms with E-state index in [9.17, 15) is 10.2 Å². The maximum Gasteiger partial charge on any atom is 0.142 e. The van der Waals surface area contributed by atoms with Crippen LogP contribution in [0.2, 0.25) is 0 Å². The molecule has 0 atom stereocenters. The van der Waals surface area contributed by atoms with Gasteiger partial charge in [0.15, 0.2) is 0 Å². The summed E-state index contributed by atoms with van der Waals surface area (Å²) in [4.78, 5) is 8.24. The van der Waals surface area contributed by atoms with Gasteiger partial charge in [-0.3, -0.25) is 0 Å². The van der Waals surface area contributed by atoms with Crippen molar-refractivity contribution in [3.63, 3.8) is 0 Å². The summed E-state index contributed by atoms with van der Waals surface area (Å²) < 4.78 is 0.570. The molecule has 1 aromatic heterocycles. The van der Waals surface area contributed by atoms with Crippen molar-refractivity contribution in [3.8, 4) is 22.1 Å². The van der Waals surface area contributed by atoms with Crippen LogP contribution in [0.4, 0.5) is 5.69 Å². The van der Waals surface area contributed by atoms with Crippen LogP contribution in [0.15, 0.2) is 41.4 Å². The number of aromatic hydroxyl groups is 2. The third-order valence-electron chi connectivity index (χ3n) is 2.79. The minimum atomic E-state index is 0.0576. The highest BCUT2D eigenvalue weighted by molar-refractivity contribution is 7.78. The van der Waals surface area contributed by atoms with E-state index in [0.29, 0.717) is 10.2 Å². The predicted molar refractivity (Wildman–Crippen MR) is 83.1 cm³/mol. The summed E-state index contributed by atoms with van der Waals surface area (Å²) in [6.45, 7) is 0. The Hall–Kier alpha value is -2.27. The molecule has 0 saturated carbocycles. The fourth-order valence-electron chi connectivity index (χ4n) is 1.83. The number of isothiocyanates is 1. The number of phenols is 2. The summed E-state index contributed by atoms with van der Waals surface area (Å²) in [6, 6.07) is 10.2. The molecule has 3 aromatic rings. The first-order chi connectivity index (χ1) is 9.69. The number of nitrogens with zero attached hydrogens (tertiary/aromatic N) is 2. The molecule has 0 amide bonds. The number of thiazole rings is 1. The highest BCUT2D eigenvalue weighted by Crippen LogP contribution is 2.39. The molecule has 0 aliphatic carbocycles. The second kappa shape index (κ2) is 5.02. The molecule has 3 rings (SSSR count). The molecular formula is C14H8N2O2S2. The number of rotatable bonds is 2. The Kier molecular flexibility index (Phi) is 3.20. The van der Waals surface area contributed by atoms with Gasteiger partial charge >= 0.3 is 0 Å². The maximum atomic E-state index is 9.79. The van der Waals surface area contributed by atoms with Crippen molar-refractivity contribution < 1.29 is 10.2 Å². The number of phenolic OH excluding ortho intramolecular Hbond substituents is 2. The van der Waals surface area contributed by atoms with Crippen LogP contribution in [0, 0.1) is 0 Å². The highest BCUT2D eigenvalue weighted by Gasteiger charge is 2.12. The van der Waals surface area contributed by atoms with Crippen molar-refractivity contribution in [1.82, 2.24) is 4.98 Å². The first-order valence-corrected chi connectivity index (χ1v) is 6.91. The van der Waals surface area contributed by atoms with Crippen molar-refractivity contribution in [2.24, 2.45) is 4.99 Å². The number of hydrogen-bond donors (Lipinski definition) is 2. The summed E-state index contributed by atoms with van der Waals surface area (Å²) in [5.74, 6) is 0.172. The first kappa shape index (κ1) is 12.7. The van der Waals surface area contributed by atoms with Crippen LogP contribution in [0.1, 0.15) is 0 Å². The Bertz CT molecular complexity index is 795. The second-order valence-electron chi connectivity index (χ2n) is 4.05. The summed E-state index contributed by atoms with van der Waals surface area (Å²) in [6.07, 6.45) is 0. The van der Waals surface area contributed by atoms with Gasteiger partial charge in [0.2, 0.25) is 0 Å². The summed E-state index contributed by atoms with van der Waals surface area (Å²) in [5, 5.41) is 22.6. The Morgan fingerprint density at radius 2 is 1.75 bits per heavy atom. The van der Waals surface area contributed by atoms with E-state index >= 15 is 0 Å². The molecule has 2 N–H and O–H groups in total. The molecular weight excluding hydrogens is 292 g/mol. The molecule has 0 unspecified atom stereocenters. The van der Waals surface area contributed by atoms with Crippen molar-refractivity contribution in [2.75, 3.05) is 0 Å². The molecule has 98 valence electrons. The lowest BCUT2D eigenvalue weighted by Crippen LogP contribution is -1.75. The van der Waals surface area contributed by atoms with Gasteiger partial charge in [0, 0.05) is 5.56 Å². The van der Waals surface area contributed by atoms with Gasteiger partial charge in [0.05, 0.1) is 10.8 Å². The minimum absolute atomic E-state index is 0.0576. The zero-order valence-corrected chi connectivity index (χ0v) is 11.7. The Balaban J connectivity index is 2.12. The van der Waals surface area contributed by atoms with Crippen molar-refractivity contribution in [1.29, 1.82) is 0 Å². The van der Waals surface area contributed by atoms with E-state index in [4.69, 9.17) is 0 Å². The van der Waals surface area contributed by atoms with E-state index < -0.39 is 0 Å². The normalized spacial score (nSPS) is 10.4. The van der Waals surface area contributed by atoms with Crippen molar-refractivity contribution in [2.45, 2.75) is 0 Å². The zero-order valence-electron chi connectivity index (χ0n) is 10.1. The largest absolute Gasteiger partial charge is 0.506 e. The molecule has 0 radical (unpaired) electrons. The van der Waals surface area contributed by atoms with Gasteiger partial charge in [-0.15, -0.1) is 11.3 Å². The van der Waals surface area contributed by atoms with E-state index in [1.54, 1.807) is 12.1 Å². The lowest BCUT2D eigenvalue weighted by molar-refractivity contribution is 0.469. The third-order valence-corrected chi connectivity index (χ3v) is 4.01. The van der Waals surface area contributed by atoms with Gasteiger partial charge in [-0.25, -0.2) is 4.98 Å². The summed E-state index contributed by atoms with van der Waals surface area (Å²) in [7, 11) is 0. The minimum Gasteiger partial charge on any atom is -0.506 e. The Morgan fingerprint density at radius 1 is 1.05 bits per heavy atom. The van der Waals surface area contributed by atoms with Crippen molar-refractivity contribution in [3.05, 3.63) is 36.4 Å². The quantitative estimate of drug-likeness (QED) is 0.424. The molecule has 20 heavy (non-hydrogen) atoms. The molecule has 2 aromatic carbocycles. The fourth-order valence-corrected chi connectivity index (χ4v) is 2.94. The molecule has 0 spiro atoms. The number of hydrogen-bond acceptors (Lipinski definition) is 6. The van der Waals surface area contributed by atoms with Gasteiger partial charge in [-0.1, -0.05) is 0 Å². The van der Waals surface area contributed by atoms with Crippen LogP contribution >= 0.6 is 23.6 Å². The van der Waals surface area contributed by atoms with Crippen molar-refractivity contribution >= 4 is 44.6 Å². The average molecular weight is 300 g/mol. The van der Waals surface area contributed by atoms with Gasteiger partial charge in [-0.2, -0.15) is 4.99 Å². The number of benzene rings is 2. The lowest BCUT2D eigenvalue weighted by atomic mass is 10.2. The van der Waals surface area contributed by atoms with E-state index in [1.165, 1.54) is 23.5 Å². The van der Waals surface area contributed by atoms with E-state index in [0.717, 1.165) is 16.3 Å². The van der Waals surface area contributed by atoms with Gasteiger partial charge in [-0.05, 0) is 48.6 Å². The maximum absolute atomic E-state index is 9.79. The molecule has 6 heteroatoms. The van der Waals surface area contributed by atoms with E-state index in [1.807, 2.05) is 12.1 Å². The van der Waals surface area contributed by atoms with Gasteiger partial charge < -0.3 is 10.2 Å². The molecule has 0 aliphatic rings. The summed E-state index contributed by atoms with van der Waals surface area (Å²) >= 11 is 5.87. The van der Waals surface area contributed by atoms with Gasteiger partial charge in [0.1, 0.15) is 26.7 Å². The number of fused-ring (bicyclic) bond motifs is 1. The second-order valence-corrected chi connectivity index (χ2v) is 5.23. The molecule has 0 aliphatic heterocycles. The molecule has 0 fully saturated rings. The van der Waals surface area contributed by atoms with E-state index in [-0.39, 0.29) is 11.5 Å². The number of aliphatic imine (C=N–C) groups is 1. The van der Waals surface area contributed by atoms with Crippen LogP contribution in [0.5, 0.6) is 11.5 Å². The third kappa shape index (κ3) is 2.16. The predicted octanol–water partition coefficient (Wildman–Crippen LogP) is 4.11. The summed E-state index contributed by atoms with van der Waals surface area (Å²) in [5.41, 5.74) is 2.01. The number of aromatic nitrogens is 1. The molecule has 4 nitrogen and oxygen atoms in total. The Morgan fingerprint density at radius 3 is 2.40 bits per heavy atom. The van der Waals surface area contributed by atoms with Crippen LogP contribution in [-0.4, -0.2) is 20.4 Å². The average Bonchev–Trinajstić information content (AvgIpc) is 2.91. The molecule has 0 bridgehead atoms. The SMILES string of the molecule is Oc1ccc(O)c2sc(-c3ccc(N=C=S)cc3)nc12. The van der Waals surface area contributed by atoms with E-state index in [2.05, 4.69) is 27.4 Å².